The molecular formula is C18H16ClN5. The Bertz CT molecular complexity index is 916. The van der Waals surface area contributed by atoms with Crippen LogP contribution in [0.15, 0.2) is 49.3 Å². The minimum Gasteiger partial charge on any atom is -0.270 e. The maximum atomic E-state index is 8.94. The number of nitrogens with zero attached hydrogens (tertiary/aromatic N) is 5. The predicted octanol–water partition coefficient (Wildman–Crippen LogP) is 4.18. The third-order valence-electron chi connectivity index (χ3n) is 3.77. The number of hydrogen-bond acceptors (Lipinski definition) is 3. The van der Waals surface area contributed by atoms with E-state index in [4.69, 9.17) is 16.9 Å². The Balaban J connectivity index is 1.77. The number of benzene rings is 1. The summed E-state index contributed by atoms with van der Waals surface area (Å²) in [6, 6.07) is 11.4. The van der Waals surface area contributed by atoms with Crippen LogP contribution in [0.2, 0.25) is 5.02 Å². The molecule has 6 heteroatoms. The molecule has 0 radical (unpaired) electrons. The highest BCUT2D eigenvalue weighted by Crippen LogP contribution is 2.24. The average molecular weight is 338 g/mol. The van der Waals surface area contributed by atoms with Gasteiger partial charge in [0.2, 0.25) is 0 Å². The lowest BCUT2D eigenvalue weighted by Gasteiger charge is -2.12. The van der Waals surface area contributed by atoms with Crippen LogP contribution in [0.1, 0.15) is 24.2 Å². The highest BCUT2D eigenvalue weighted by atomic mass is 35.5. The van der Waals surface area contributed by atoms with E-state index in [1.54, 1.807) is 18.2 Å². The topological polar surface area (TPSA) is 59.4 Å². The molecule has 120 valence electrons. The summed E-state index contributed by atoms with van der Waals surface area (Å²) in [6.07, 6.45) is 5.59. The normalized spacial score (nSPS) is 11.9. The Hall–Kier alpha value is -2.84. The fourth-order valence-electron chi connectivity index (χ4n) is 2.44. The van der Waals surface area contributed by atoms with E-state index in [9.17, 15) is 0 Å². The summed E-state index contributed by atoms with van der Waals surface area (Å²) in [4.78, 5) is 0. The van der Waals surface area contributed by atoms with Gasteiger partial charge >= 0.3 is 0 Å². The molecule has 0 N–H and O–H groups in total. The van der Waals surface area contributed by atoms with Crippen molar-refractivity contribution < 1.29 is 0 Å². The Labute approximate surface area is 145 Å². The Morgan fingerprint density at radius 3 is 2.79 bits per heavy atom. The molecule has 5 nitrogen and oxygen atoms in total. The molecule has 0 bridgehead atoms. The molecule has 3 rings (SSSR count). The van der Waals surface area contributed by atoms with Crippen LogP contribution < -0.4 is 0 Å². The first-order chi connectivity index (χ1) is 11.6. The minimum atomic E-state index is 0.163. The standard InChI is InChI=1S/C18H16ClN5/c1-3-16-6-9-24(21-16)13(2)12-23-8-7-18(22-23)14-4-5-15(11-20)17(19)10-14/h3-10,13H,1,12H2,2H3/t13-/m0/s1. The molecule has 1 aromatic carbocycles. The summed E-state index contributed by atoms with van der Waals surface area (Å²) >= 11 is 6.09. The predicted molar refractivity (Wildman–Crippen MR) is 94.4 cm³/mol. The highest BCUT2D eigenvalue weighted by molar-refractivity contribution is 6.32. The first-order valence-corrected chi connectivity index (χ1v) is 7.89. The SMILES string of the molecule is C=Cc1ccn([C@@H](C)Cn2ccc(-c3ccc(C#N)c(Cl)c3)n2)n1. The number of rotatable bonds is 5. The van der Waals surface area contributed by atoms with Gasteiger partial charge in [-0.1, -0.05) is 24.2 Å². The van der Waals surface area contributed by atoms with Crippen LogP contribution in [0.25, 0.3) is 17.3 Å². The molecule has 0 aliphatic rings. The molecule has 3 aromatic rings. The highest BCUT2D eigenvalue weighted by Gasteiger charge is 2.10. The van der Waals surface area contributed by atoms with Crippen molar-refractivity contribution in [1.29, 1.82) is 5.26 Å². The van der Waals surface area contributed by atoms with Crippen LogP contribution in [-0.4, -0.2) is 19.6 Å². The van der Waals surface area contributed by atoms with Crippen LogP contribution in [0.3, 0.4) is 0 Å². The van der Waals surface area contributed by atoms with E-state index in [1.165, 1.54) is 0 Å². The van der Waals surface area contributed by atoms with Gasteiger partial charge in [0, 0.05) is 18.0 Å². The van der Waals surface area contributed by atoms with Crippen LogP contribution >= 0.6 is 11.6 Å². The zero-order valence-electron chi connectivity index (χ0n) is 13.2. The zero-order valence-corrected chi connectivity index (χ0v) is 14.0. The van der Waals surface area contributed by atoms with Crippen LogP contribution in [0, 0.1) is 11.3 Å². The van der Waals surface area contributed by atoms with E-state index in [1.807, 2.05) is 40.0 Å². The number of hydrogen-bond donors (Lipinski definition) is 0. The van der Waals surface area contributed by atoms with Gasteiger partial charge in [0.1, 0.15) is 6.07 Å². The average Bonchev–Trinajstić information content (AvgIpc) is 3.24. The van der Waals surface area contributed by atoms with E-state index >= 15 is 0 Å². The minimum absolute atomic E-state index is 0.163. The van der Waals surface area contributed by atoms with Gasteiger partial charge < -0.3 is 0 Å². The number of halogens is 1. The summed E-state index contributed by atoms with van der Waals surface area (Å²) in [5, 5.41) is 18.4. The summed E-state index contributed by atoms with van der Waals surface area (Å²) in [7, 11) is 0. The van der Waals surface area contributed by atoms with Gasteiger partial charge in [-0.2, -0.15) is 15.5 Å². The lowest BCUT2D eigenvalue weighted by molar-refractivity contribution is 0.405. The second-order valence-corrected chi connectivity index (χ2v) is 5.91. The molecule has 0 amide bonds. The maximum absolute atomic E-state index is 8.94. The molecule has 0 saturated carbocycles. The molecule has 0 saturated heterocycles. The van der Waals surface area contributed by atoms with Crippen molar-refractivity contribution >= 4 is 17.7 Å². The maximum Gasteiger partial charge on any atom is 0.101 e. The van der Waals surface area contributed by atoms with Gasteiger partial charge in [-0.15, -0.1) is 0 Å². The zero-order chi connectivity index (χ0) is 17.1. The van der Waals surface area contributed by atoms with Crippen molar-refractivity contribution in [2.75, 3.05) is 0 Å². The Morgan fingerprint density at radius 2 is 2.12 bits per heavy atom. The van der Waals surface area contributed by atoms with E-state index in [2.05, 4.69) is 29.8 Å². The van der Waals surface area contributed by atoms with Crippen LogP contribution in [0.5, 0.6) is 0 Å². The third kappa shape index (κ3) is 3.24. The molecule has 0 fully saturated rings. The quantitative estimate of drug-likeness (QED) is 0.701. The van der Waals surface area contributed by atoms with Gasteiger partial charge in [-0.05, 0) is 37.3 Å². The van der Waals surface area contributed by atoms with E-state index in [0.717, 1.165) is 17.0 Å². The molecule has 0 unspecified atom stereocenters. The van der Waals surface area contributed by atoms with Gasteiger partial charge in [0.25, 0.3) is 0 Å². The molecule has 24 heavy (non-hydrogen) atoms. The van der Waals surface area contributed by atoms with Crippen molar-refractivity contribution in [2.24, 2.45) is 0 Å². The van der Waals surface area contributed by atoms with Crippen molar-refractivity contribution in [2.45, 2.75) is 19.5 Å². The van der Waals surface area contributed by atoms with Crippen molar-refractivity contribution in [1.82, 2.24) is 19.6 Å². The van der Waals surface area contributed by atoms with Gasteiger partial charge in [-0.25, -0.2) is 0 Å². The Morgan fingerprint density at radius 1 is 1.29 bits per heavy atom. The van der Waals surface area contributed by atoms with Gasteiger partial charge in [0.05, 0.1) is 34.6 Å². The molecule has 0 spiro atoms. The van der Waals surface area contributed by atoms with E-state index in [-0.39, 0.29) is 6.04 Å². The third-order valence-corrected chi connectivity index (χ3v) is 4.08. The molecule has 0 aliphatic heterocycles. The van der Waals surface area contributed by atoms with E-state index < -0.39 is 0 Å². The van der Waals surface area contributed by atoms with Gasteiger partial charge in [0.15, 0.2) is 0 Å². The fraction of sp³-hybridized carbons (Fsp3) is 0.167. The molecule has 2 aromatic heterocycles. The summed E-state index contributed by atoms with van der Waals surface area (Å²) in [5.74, 6) is 0. The lowest BCUT2D eigenvalue weighted by Crippen LogP contribution is -2.14. The fourth-order valence-corrected chi connectivity index (χ4v) is 2.67. The molecular weight excluding hydrogens is 322 g/mol. The van der Waals surface area contributed by atoms with E-state index in [0.29, 0.717) is 17.1 Å². The summed E-state index contributed by atoms with van der Waals surface area (Å²) in [5.41, 5.74) is 3.03. The molecule has 2 heterocycles. The second-order valence-electron chi connectivity index (χ2n) is 5.50. The smallest absolute Gasteiger partial charge is 0.101 e. The Kier molecular flexibility index (Phi) is 4.50. The lowest BCUT2D eigenvalue weighted by atomic mass is 10.1. The first kappa shape index (κ1) is 16.0. The van der Waals surface area contributed by atoms with Crippen molar-refractivity contribution in [3.63, 3.8) is 0 Å². The molecule has 0 aliphatic carbocycles. The van der Waals surface area contributed by atoms with Gasteiger partial charge in [-0.3, -0.25) is 9.36 Å². The van der Waals surface area contributed by atoms with Crippen molar-refractivity contribution in [3.8, 4) is 17.3 Å². The van der Waals surface area contributed by atoms with Crippen molar-refractivity contribution in [3.05, 3.63) is 65.6 Å². The van der Waals surface area contributed by atoms with Crippen LogP contribution in [0.4, 0.5) is 0 Å². The largest absolute Gasteiger partial charge is 0.270 e. The number of nitriles is 1. The van der Waals surface area contributed by atoms with Crippen LogP contribution in [-0.2, 0) is 6.54 Å². The second kappa shape index (κ2) is 6.73. The summed E-state index contributed by atoms with van der Waals surface area (Å²) < 4.78 is 3.78. The monoisotopic (exact) mass is 337 g/mol. The first-order valence-electron chi connectivity index (χ1n) is 7.52. The number of aromatic nitrogens is 4. The summed E-state index contributed by atoms with van der Waals surface area (Å²) in [6.45, 7) is 6.50. The molecule has 1 atom stereocenters.